The van der Waals surface area contributed by atoms with Crippen LogP contribution >= 0.6 is 0 Å². The topological polar surface area (TPSA) is 88.9 Å². The smallest absolute Gasteiger partial charge is 0.265 e. The Kier molecular flexibility index (Phi) is 5.96. The van der Waals surface area contributed by atoms with E-state index in [1.807, 2.05) is 67.4 Å². The van der Waals surface area contributed by atoms with Crippen molar-refractivity contribution in [3.05, 3.63) is 83.5 Å². The van der Waals surface area contributed by atoms with E-state index in [1.54, 1.807) is 26.4 Å². The molecule has 1 N–H and O–H groups in total. The van der Waals surface area contributed by atoms with E-state index in [0.29, 0.717) is 35.6 Å². The summed E-state index contributed by atoms with van der Waals surface area (Å²) in [6.07, 6.45) is 12.0. The zero-order chi connectivity index (χ0) is 26.6. The van der Waals surface area contributed by atoms with Gasteiger partial charge < -0.3 is 18.9 Å². The summed E-state index contributed by atoms with van der Waals surface area (Å²) >= 11 is 0. The van der Waals surface area contributed by atoms with Gasteiger partial charge in [-0.15, -0.1) is 0 Å². The first-order valence-corrected chi connectivity index (χ1v) is 14.1. The summed E-state index contributed by atoms with van der Waals surface area (Å²) in [7, 11) is 1.12. The fourth-order valence-electron chi connectivity index (χ4n) is 5.05. The minimum atomic E-state index is -3.91. The fourth-order valence-corrected chi connectivity index (χ4v) is 6.65. The van der Waals surface area contributed by atoms with Gasteiger partial charge in [-0.05, 0) is 50.1 Å². The Labute approximate surface area is 222 Å². The predicted octanol–water partition coefficient (Wildman–Crippen LogP) is 3.95. The van der Waals surface area contributed by atoms with E-state index in [-0.39, 0.29) is 4.90 Å². The highest BCUT2D eigenvalue weighted by molar-refractivity contribution is 7.89. The Bertz CT molecular complexity index is 1600. The van der Waals surface area contributed by atoms with Gasteiger partial charge >= 0.3 is 0 Å². The molecule has 0 radical (unpaired) electrons. The van der Waals surface area contributed by atoms with Crippen LogP contribution in [0.2, 0.25) is 0 Å². The highest BCUT2D eigenvalue weighted by Crippen LogP contribution is 2.46. The number of nitrogens with one attached hydrogen (secondary N) is 1. The van der Waals surface area contributed by atoms with Crippen LogP contribution < -0.4 is 14.8 Å². The van der Waals surface area contributed by atoms with Crippen LogP contribution in [0.5, 0.6) is 11.6 Å². The van der Waals surface area contributed by atoms with Crippen molar-refractivity contribution in [3.63, 3.8) is 0 Å². The number of fused-ring (bicyclic) bond motifs is 2. The molecule has 0 amide bonds. The van der Waals surface area contributed by atoms with Crippen LogP contribution in [0.3, 0.4) is 0 Å². The molecule has 1 fully saturated rings. The van der Waals surface area contributed by atoms with Crippen molar-refractivity contribution in [1.29, 1.82) is 0 Å². The predicted molar refractivity (Wildman–Crippen MR) is 145 cm³/mol. The molecule has 1 atom stereocenters. The van der Waals surface area contributed by atoms with Gasteiger partial charge in [-0.25, -0.2) is 13.4 Å². The van der Waals surface area contributed by atoms with Crippen LogP contribution in [0.15, 0.2) is 77.2 Å². The van der Waals surface area contributed by atoms with E-state index in [2.05, 4.69) is 10.2 Å². The minimum absolute atomic E-state index is 0.244. The second-order valence-electron chi connectivity index (χ2n) is 9.87. The minimum Gasteiger partial charge on any atom is -0.491 e. The molecular formula is C28H31N5O4S. The van der Waals surface area contributed by atoms with E-state index in [1.165, 1.54) is 17.1 Å². The summed E-state index contributed by atoms with van der Waals surface area (Å²) in [6.45, 7) is 2.55. The molecule has 6 rings (SSSR count). The van der Waals surface area contributed by atoms with E-state index in [9.17, 15) is 8.42 Å². The highest BCUT2D eigenvalue weighted by atomic mass is 32.2. The Balaban J connectivity index is 1.51. The zero-order valence-corrected chi connectivity index (χ0v) is 22.7. The normalized spacial score (nSPS) is 19.0. The quantitative estimate of drug-likeness (QED) is 0.469. The van der Waals surface area contributed by atoms with Crippen LogP contribution in [-0.4, -0.2) is 54.1 Å². The largest absolute Gasteiger partial charge is 0.491 e. The molecule has 3 aromatic rings. The average Bonchev–Trinajstić information content (AvgIpc) is 3.58. The number of methoxy groups -OCH3 is 2. The third-order valence-electron chi connectivity index (χ3n) is 7.26. The second kappa shape index (κ2) is 9.21. The number of benzene rings is 1. The Morgan fingerprint density at radius 1 is 1.11 bits per heavy atom. The molecule has 9 nitrogen and oxygen atoms in total. The van der Waals surface area contributed by atoms with Gasteiger partial charge in [-0.3, -0.25) is 9.62 Å². The van der Waals surface area contributed by atoms with Crippen LogP contribution in [0.1, 0.15) is 30.0 Å². The molecule has 1 saturated carbocycles. The maximum atomic E-state index is 14.3. The number of pyridine rings is 1. The summed E-state index contributed by atoms with van der Waals surface area (Å²) in [5, 5.41) is 3.54. The van der Waals surface area contributed by atoms with Crippen molar-refractivity contribution in [2.24, 2.45) is 7.05 Å². The summed E-state index contributed by atoms with van der Waals surface area (Å²) in [4.78, 5) is 7.08. The van der Waals surface area contributed by atoms with Gasteiger partial charge in [0.25, 0.3) is 15.9 Å². The lowest BCUT2D eigenvalue weighted by atomic mass is 10.1. The van der Waals surface area contributed by atoms with Crippen LogP contribution in [0.4, 0.5) is 0 Å². The van der Waals surface area contributed by atoms with Gasteiger partial charge in [-0.1, -0.05) is 17.7 Å². The molecular weight excluding hydrogens is 502 g/mol. The number of rotatable bonds is 8. The van der Waals surface area contributed by atoms with Crippen molar-refractivity contribution in [1.82, 2.24) is 24.1 Å². The molecule has 4 heterocycles. The molecule has 0 saturated heterocycles. The maximum absolute atomic E-state index is 14.3. The summed E-state index contributed by atoms with van der Waals surface area (Å²) in [5.41, 5.74) is 4.71. The van der Waals surface area contributed by atoms with Crippen molar-refractivity contribution in [3.8, 4) is 11.6 Å². The van der Waals surface area contributed by atoms with Gasteiger partial charge in [0, 0.05) is 37.1 Å². The lowest BCUT2D eigenvalue weighted by Gasteiger charge is -2.31. The van der Waals surface area contributed by atoms with Crippen molar-refractivity contribution >= 4 is 21.1 Å². The molecule has 198 valence electrons. The van der Waals surface area contributed by atoms with E-state index < -0.39 is 16.1 Å². The Hall–Kier alpha value is -3.76. The first kappa shape index (κ1) is 24.6. The SMILES string of the molecule is COc1cc2c(nc1OC)c(C1C=C3C(=CC=CN3CNC3CC3)N1S(=O)(=O)c1ccc(C)cc1)cn2C. The maximum Gasteiger partial charge on any atom is 0.265 e. The molecule has 3 aliphatic rings. The molecule has 1 unspecified atom stereocenters. The first-order chi connectivity index (χ1) is 18.3. The number of allylic oxidation sites excluding steroid dienone is 2. The van der Waals surface area contributed by atoms with Gasteiger partial charge in [0.15, 0.2) is 5.75 Å². The zero-order valence-electron chi connectivity index (χ0n) is 21.9. The van der Waals surface area contributed by atoms with Gasteiger partial charge in [-0.2, -0.15) is 0 Å². The third-order valence-corrected chi connectivity index (χ3v) is 9.07. The average molecular weight is 534 g/mol. The summed E-state index contributed by atoms with van der Waals surface area (Å²) in [6, 6.07) is 8.76. The lowest BCUT2D eigenvalue weighted by molar-refractivity contribution is 0.344. The van der Waals surface area contributed by atoms with Crippen molar-refractivity contribution in [2.45, 2.75) is 36.7 Å². The van der Waals surface area contributed by atoms with Crippen molar-refractivity contribution < 1.29 is 17.9 Å². The number of sulfonamides is 1. The van der Waals surface area contributed by atoms with Gasteiger partial charge in [0.05, 0.1) is 54.3 Å². The third kappa shape index (κ3) is 4.04. The lowest BCUT2D eigenvalue weighted by Crippen LogP contribution is -2.35. The molecule has 1 aromatic carbocycles. The molecule has 2 aliphatic heterocycles. The first-order valence-electron chi connectivity index (χ1n) is 12.6. The molecule has 38 heavy (non-hydrogen) atoms. The monoisotopic (exact) mass is 533 g/mol. The van der Waals surface area contributed by atoms with E-state index >= 15 is 0 Å². The molecule has 0 spiro atoms. The summed E-state index contributed by atoms with van der Waals surface area (Å²) < 4.78 is 42.9. The Morgan fingerprint density at radius 2 is 1.87 bits per heavy atom. The van der Waals surface area contributed by atoms with Gasteiger partial charge in [0.1, 0.15) is 0 Å². The van der Waals surface area contributed by atoms with Crippen LogP contribution in [0.25, 0.3) is 11.0 Å². The number of hydrogen-bond acceptors (Lipinski definition) is 7. The van der Waals surface area contributed by atoms with E-state index in [4.69, 9.17) is 14.5 Å². The second-order valence-corrected chi connectivity index (χ2v) is 11.7. The molecule has 1 aliphatic carbocycles. The molecule has 2 aromatic heterocycles. The van der Waals surface area contributed by atoms with Crippen LogP contribution in [0, 0.1) is 6.92 Å². The van der Waals surface area contributed by atoms with Crippen LogP contribution in [-0.2, 0) is 17.1 Å². The number of nitrogens with zero attached hydrogens (tertiary/aromatic N) is 4. The number of aromatic nitrogens is 2. The number of hydrogen-bond donors (Lipinski definition) is 1. The number of ether oxygens (including phenoxy) is 2. The molecule has 0 bridgehead atoms. The highest BCUT2D eigenvalue weighted by Gasteiger charge is 2.43. The summed E-state index contributed by atoms with van der Waals surface area (Å²) in [5.74, 6) is 0.860. The standard InChI is InChI=1S/C28H31N5O4S/c1-18-7-11-20(12-8-18)38(34,35)33-22-6-5-13-32(17-29-19-9-10-19)24(22)14-23(33)21-16-31(2)25-15-26(36-3)28(37-4)30-27(21)25/h5-8,11-16,19,23,29H,9-10,17H2,1-4H3. The van der Waals surface area contributed by atoms with Gasteiger partial charge in [0.2, 0.25) is 0 Å². The fraction of sp³-hybridized carbons (Fsp3) is 0.321. The molecule has 10 heteroatoms. The van der Waals surface area contributed by atoms with Crippen molar-refractivity contribution in [2.75, 3.05) is 20.9 Å². The number of aryl methyl sites for hydroxylation is 2. The Morgan fingerprint density at radius 3 is 2.55 bits per heavy atom. The van der Waals surface area contributed by atoms with E-state index in [0.717, 1.165) is 22.3 Å².